The first-order valence-corrected chi connectivity index (χ1v) is 6.40. The third kappa shape index (κ3) is 2.59. The molecule has 0 spiro atoms. The average Bonchev–Trinajstić information content (AvgIpc) is 2.95. The molecule has 20 heavy (non-hydrogen) atoms. The first kappa shape index (κ1) is 12.5. The van der Waals surface area contributed by atoms with E-state index in [0.29, 0.717) is 6.54 Å². The van der Waals surface area contributed by atoms with Crippen molar-refractivity contribution in [1.29, 1.82) is 0 Å². The lowest BCUT2D eigenvalue weighted by Gasteiger charge is -2.08. The molecule has 0 amide bonds. The van der Waals surface area contributed by atoms with Crippen LogP contribution in [0.5, 0.6) is 0 Å². The fourth-order valence-corrected chi connectivity index (χ4v) is 2.20. The second-order valence-electron chi connectivity index (χ2n) is 4.75. The molecule has 4 heteroatoms. The van der Waals surface area contributed by atoms with Crippen molar-refractivity contribution >= 4 is 0 Å². The molecule has 0 saturated carbocycles. The summed E-state index contributed by atoms with van der Waals surface area (Å²) in [6.45, 7) is 2.67. The molecule has 0 N–H and O–H groups in total. The van der Waals surface area contributed by atoms with Crippen molar-refractivity contribution in [2.75, 3.05) is 0 Å². The number of halogens is 1. The zero-order chi connectivity index (χ0) is 13.9. The summed E-state index contributed by atoms with van der Waals surface area (Å²) < 4.78 is 15.1. The molecule has 1 aromatic heterocycles. The predicted molar refractivity (Wildman–Crippen MR) is 75.7 cm³/mol. The molecule has 3 rings (SSSR count). The number of aryl methyl sites for hydroxylation is 1. The van der Waals surface area contributed by atoms with Crippen LogP contribution in [0.4, 0.5) is 4.39 Å². The summed E-state index contributed by atoms with van der Waals surface area (Å²) in [5.74, 6) is -0.211. The minimum absolute atomic E-state index is 0.211. The summed E-state index contributed by atoms with van der Waals surface area (Å²) in [6, 6.07) is 12.9. The Morgan fingerprint density at radius 2 is 1.90 bits per heavy atom. The highest BCUT2D eigenvalue weighted by Gasteiger charge is 2.04. The van der Waals surface area contributed by atoms with Gasteiger partial charge in [-0.1, -0.05) is 30.3 Å². The third-order valence-electron chi connectivity index (χ3n) is 3.28. The van der Waals surface area contributed by atoms with E-state index in [1.807, 2.05) is 31.2 Å². The highest BCUT2D eigenvalue weighted by atomic mass is 19.1. The molecule has 0 aliphatic rings. The second kappa shape index (κ2) is 5.25. The van der Waals surface area contributed by atoms with Crippen LogP contribution < -0.4 is 0 Å². The molecule has 3 aromatic rings. The molecule has 100 valence electrons. The smallest absolute Gasteiger partial charge is 0.137 e. The molecular formula is C16H14FN3. The largest absolute Gasteiger partial charge is 0.249 e. The van der Waals surface area contributed by atoms with Crippen molar-refractivity contribution < 1.29 is 4.39 Å². The molecule has 3 nitrogen and oxygen atoms in total. The summed E-state index contributed by atoms with van der Waals surface area (Å²) >= 11 is 0. The van der Waals surface area contributed by atoms with Gasteiger partial charge in [-0.15, -0.1) is 0 Å². The maximum atomic E-state index is 13.3. The summed E-state index contributed by atoms with van der Waals surface area (Å²) in [6.07, 6.45) is 3.20. The van der Waals surface area contributed by atoms with Gasteiger partial charge in [0.15, 0.2) is 0 Å². The van der Waals surface area contributed by atoms with Gasteiger partial charge in [-0.25, -0.2) is 14.1 Å². The molecule has 0 atom stereocenters. The number of benzene rings is 2. The van der Waals surface area contributed by atoms with E-state index in [2.05, 4.69) is 10.1 Å². The Hall–Kier alpha value is -2.49. The van der Waals surface area contributed by atoms with Crippen LogP contribution in [0.25, 0.3) is 11.1 Å². The molecule has 0 aliphatic heterocycles. The van der Waals surface area contributed by atoms with Crippen LogP contribution in [0.2, 0.25) is 0 Å². The van der Waals surface area contributed by atoms with Gasteiger partial charge in [0.05, 0.1) is 6.54 Å². The Bertz CT molecular complexity index is 703. The molecule has 0 saturated heterocycles. The monoisotopic (exact) mass is 267 g/mol. The Balaban J connectivity index is 1.87. The highest BCUT2D eigenvalue weighted by molar-refractivity contribution is 5.67. The third-order valence-corrected chi connectivity index (χ3v) is 3.28. The molecule has 0 aliphatic carbocycles. The zero-order valence-corrected chi connectivity index (χ0v) is 11.1. The normalized spacial score (nSPS) is 10.7. The van der Waals surface area contributed by atoms with Gasteiger partial charge in [0, 0.05) is 0 Å². The topological polar surface area (TPSA) is 30.7 Å². The quantitative estimate of drug-likeness (QED) is 0.727. The second-order valence-corrected chi connectivity index (χ2v) is 4.75. The minimum Gasteiger partial charge on any atom is -0.249 e. The fraction of sp³-hybridized carbons (Fsp3) is 0.125. The SMILES string of the molecule is Cc1ccc(F)cc1-c1ccc(Cn2cncn2)cc1. The number of aromatic nitrogens is 3. The zero-order valence-electron chi connectivity index (χ0n) is 11.1. The minimum atomic E-state index is -0.211. The van der Waals surface area contributed by atoms with Crippen LogP contribution in [0.3, 0.4) is 0 Å². The van der Waals surface area contributed by atoms with Crippen LogP contribution in [-0.4, -0.2) is 14.8 Å². The summed E-state index contributed by atoms with van der Waals surface area (Å²) in [7, 11) is 0. The van der Waals surface area contributed by atoms with Gasteiger partial charge in [-0.3, -0.25) is 0 Å². The van der Waals surface area contributed by atoms with E-state index in [4.69, 9.17) is 0 Å². The predicted octanol–water partition coefficient (Wildman–Crippen LogP) is 3.44. The maximum absolute atomic E-state index is 13.3. The van der Waals surface area contributed by atoms with Gasteiger partial charge in [0.25, 0.3) is 0 Å². The van der Waals surface area contributed by atoms with E-state index < -0.39 is 0 Å². The average molecular weight is 267 g/mol. The molecule has 1 heterocycles. The molecular weight excluding hydrogens is 253 g/mol. The van der Waals surface area contributed by atoms with Crippen LogP contribution >= 0.6 is 0 Å². The molecule has 0 unspecified atom stereocenters. The van der Waals surface area contributed by atoms with E-state index in [-0.39, 0.29) is 5.82 Å². The fourth-order valence-electron chi connectivity index (χ4n) is 2.20. The Morgan fingerprint density at radius 3 is 2.60 bits per heavy atom. The lowest BCUT2D eigenvalue weighted by atomic mass is 9.99. The van der Waals surface area contributed by atoms with E-state index >= 15 is 0 Å². The summed E-state index contributed by atoms with van der Waals surface area (Å²) in [5, 5.41) is 4.07. The van der Waals surface area contributed by atoms with Gasteiger partial charge >= 0.3 is 0 Å². The van der Waals surface area contributed by atoms with Crippen LogP contribution in [-0.2, 0) is 6.54 Å². The van der Waals surface area contributed by atoms with Gasteiger partial charge in [-0.05, 0) is 41.3 Å². The van der Waals surface area contributed by atoms with Crippen molar-refractivity contribution in [3.63, 3.8) is 0 Å². The van der Waals surface area contributed by atoms with Crippen LogP contribution in [0.15, 0.2) is 55.1 Å². The van der Waals surface area contributed by atoms with Crippen molar-refractivity contribution in [3.05, 3.63) is 72.1 Å². The van der Waals surface area contributed by atoms with Crippen LogP contribution in [0, 0.1) is 12.7 Å². The Morgan fingerprint density at radius 1 is 1.10 bits per heavy atom. The van der Waals surface area contributed by atoms with E-state index in [1.165, 1.54) is 12.4 Å². The Kier molecular flexibility index (Phi) is 3.29. The van der Waals surface area contributed by atoms with Crippen LogP contribution in [0.1, 0.15) is 11.1 Å². The number of rotatable bonds is 3. The van der Waals surface area contributed by atoms with Crippen molar-refractivity contribution in [1.82, 2.24) is 14.8 Å². The first-order valence-electron chi connectivity index (χ1n) is 6.40. The number of hydrogen-bond acceptors (Lipinski definition) is 2. The first-order chi connectivity index (χ1) is 9.72. The van der Waals surface area contributed by atoms with E-state index in [0.717, 1.165) is 22.3 Å². The van der Waals surface area contributed by atoms with E-state index in [1.54, 1.807) is 23.1 Å². The van der Waals surface area contributed by atoms with Gasteiger partial charge in [-0.2, -0.15) is 5.10 Å². The lowest BCUT2D eigenvalue weighted by Crippen LogP contribution is -1.99. The van der Waals surface area contributed by atoms with Crippen molar-refractivity contribution in [3.8, 4) is 11.1 Å². The van der Waals surface area contributed by atoms with Crippen molar-refractivity contribution in [2.24, 2.45) is 0 Å². The Labute approximate surface area is 116 Å². The highest BCUT2D eigenvalue weighted by Crippen LogP contribution is 2.24. The van der Waals surface area contributed by atoms with Crippen molar-refractivity contribution in [2.45, 2.75) is 13.5 Å². The standard InChI is InChI=1S/C16H14FN3/c1-12-2-7-15(17)8-16(12)14-5-3-13(4-6-14)9-20-11-18-10-19-20/h2-8,10-11H,9H2,1H3. The van der Waals surface area contributed by atoms with E-state index in [9.17, 15) is 4.39 Å². The summed E-state index contributed by atoms with van der Waals surface area (Å²) in [4.78, 5) is 3.91. The molecule has 0 radical (unpaired) electrons. The van der Waals surface area contributed by atoms with Gasteiger partial charge in [0.1, 0.15) is 18.5 Å². The number of nitrogens with zero attached hydrogens (tertiary/aromatic N) is 3. The maximum Gasteiger partial charge on any atom is 0.137 e. The van der Waals surface area contributed by atoms with Gasteiger partial charge < -0.3 is 0 Å². The molecule has 0 fully saturated rings. The molecule has 0 bridgehead atoms. The number of hydrogen-bond donors (Lipinski definition) is 0. The summed E-state index contributed by atoms with van der Waals surface area (Å²) in [5.41, 5.74) is 4.14. The van der Waals surface area contributed by atoms with Gasteiger partial charge in [0.2, 0.25) is 0 Å². The lowest BCUT2D eigenvalue weighted by molar-refractivity contribution is 0.628. The molecule has 2 aromatic carbocycles.